The second-order valence-electron chi connectivity index (χ2n) is 6.64. The molecule has 1 amide bonds. The molecule has 2 N–H and O–H groups in total. The molecule has 0 unspecified atom stereocenters. The van der Waals surface area contributed by atoms with Crippen molar-refractivity contribution in [1.29, 1.82) is 0 Å². The first-order valence-electron chi connectivity index (χ1n) is 8.34. The Morgan fingerprint density at radius 2 is 1.92 bits per heavy atom. The summed E-state index contributed by atoms with van der Waals surface area (Å²) in [5, 5.41) is 0. The van der Waals surface area contributed by atoms with Crippen LogP contribution in [0, 0.1) is 6.92 Å². The van der Waals surface area contributed by atoms with E-state index in [1.165, 1.54) is 5.56 Å². The standard InChI is InChI=1S/C19H23N3O3/c1-13-5-7-14(8-6-13)24-12-4-11-22-17-15(9-10-16(20)21-17)25-19(2,3)18(22)23/h5-10H,4,11-12H2,1-3H3,(H2,20,21). The minimum atomic E-state index is -0.928. The molecule has 1 aromatic heterocycles. The van der Waals surface area contributed by atoms with Gasteiger partial charge in [0.15, 0.2) is 17.2 Å². The van der Waals surface area contributed by atoms with Gasteiger partial charge in [-0.05, 0) is 51.5 Å². The molecule has 0 atom stereocenters. The molecule has 0 fully saturated rings. The number of carbonyl (C=O) groups is 1. The molecular formula is C19H23N3O3. The van der Waals surface area contributed by atoms with Crippen LogP contribution in [0.4, 0.5) is 11.6 Å². The molecule has 0 saturated heterocycles. The number of benzene rings is 1. The van der Waals surface area contributed by atoms with Crippen molar-refractivity contribution in [2.24, 2.45) is 0 Å². The van der Waals surface area contributed by atoms with Crippen LogP contribution >= 0.6 is 0 Å². The lowest BCUT2D eigenvalue weighted by atomic mass is 10.1. The number of hydrogen-bond donors (Lipinski definition) is 1. The molecule has 0 spiro atoms. The second kappa shape index (κ2) is 6.63. The van der Waals surface area contributed by atoms with Crippen LogP contribution in [0.25, 0.3) is 0 Å². The number of pyridine rings is 1. The Bertz CT molecular complexity index is 772. The Balaban J connectivity index is 1.67. The number of aryl methyl sites for hydroxylation is 1. The van der Waals surface area contributed by atoms with Gasteiger partial charge in [-0.3, -0.25) is 9.69 Å². The van der Waals surface area contributed by atoms with Gasteiger partial charge in [-0.15, -0.1) is 0 Å². The van der Waals surface area contributed by atoms with E-state index >= 15 is 0 Å². The zero-order valence-corrected chi connectivity index (χ0v) is 14.8. The summed E-state index contributed by atoms with van der Waals surface area (Å²) < 4.78 is 11.5. The van der Waals surface area contributed by atoms with Crippen LogP contribution in [0.3, 0.4) is 0 Å². The number of carbonyl (C=O) groups excluding carboxylic acids is 1. The third-order valence-electron chi connectivity index (χ3n) is 4.06. The molecule has 0 bridgehead atoms. The zero-order chi connectivity index (χ0) is 18.0. The molecule has 0 saturated carbocycles. The number of ether oxygens (including phenoxy) is 2. The third-order valence-corrected chi connectivity index (χ3v) is 4.06. The van der Waals surface area contributed by atoms with Crippen molar-refractivity contribution < 1.29 is 14.3 Å². The Morgan fingerprint density at radius 3 is 2.64 bits per heavy atom. The Morgan fingerprint density at radius 1 is 1.20 bits per heavy atom. The Kier molecular flexibility index (Phi) is 4.53. The fourth-order valence-corrected chi connectivity index (χ4v) is 2.72. The smallest absolute Gasteiger partial charge is 0.271 e. The highest BCUT2D eigenvalue weighted by molar-refractivity contribution is 6.01. The number of fused-ring (bicyclic) bond motifs is 1. The van der Waals surface area contributed by atoms with Crippen LogP contribution in [0.1, 0.15) is 25.8 Å². The number of nitrogen functional groups attached to an aromatic ring is 1. The molecule has 6 heteroatoms. The molecule has 132 valence electrons. The van der Waals surface area contributed by atoms with E-state index in [2.05, 4.69) is 4.98 Å². The van der Waals surface area contributed by atoms with Gasteiger partial charge in [0.05, 0.1) is 6.61 Å². The molecule has 6 nitrogen and oxygen atoms in total. The topological polar surface area (TPSA) is 77.7 Å². The number of rotatable bonds is 5. The minimum Gasteiger partial charge on any atom is -0.494 e. The number of hydrogen-bond acceptors (Lipinski definition) is 5. The summed E-state index contributed by atoms with van der Waals surface area (Å²) in [4.78, 5) is 18.6. The van der Waals surface area contributed by atoms with E-state index in [-0.39, 0.29) is 5.91 Å². The van der Waals surface area contributed by atoms with Crippen molar-refractivity contribution in [3.05, 3.63) is 42.0 Å². The van der Waals surface area contributed by atoms with E-state index in [9.17, 15) is 4.79 Å². The van der Waals surface area contributed by atoms with Gasteiger partial charge in [0.1, 0.15) is 11.6 Å². The molecule has 3 rings (SSSR count). The summed E-state index contributed by atoms with van der Waals surface area (Å²) in [6.07, 6.45) is 0.672. The van der Waals surface area contributed by atoms with Crippen LogP contribution in [0.15, 0.2) is 36.4 Å². The molecule has 1 aliphatic heterocycles. The summed E-state index contributed by atoms with van der Waals surface area (Å²) in [7, 11) is 0. The molecule has 1 aromatic carbocycles. The number of amides is 1. The highest BCUT2D eigenvalue weighted by Crippen LogP contribution is 2.36. The van der Waals surface area contributed by atoms with Crippen LogP contribution in [0.2, 0.25) is 0 Å². The maximum atomic E-state index is 12.7. The summed E-state index contributed by atoms with van der Waals surface area (Å²) in [6.45, 7) is 6.54. The molecule has 25 heavy (non-hydrogen) atoms. The van der Waals surface area contributed by atoms with E-state index < -0.39 is 5.60 Å². The number of anilines is 2. The lowest BCUT2D eigenvalue weighted by Crippen LogP contribution is -2.53. The third kappa shape index (κ3) is 3.68. The lowest BCUT2D eigenvalue weighted by molar-refractivity contribution is -0.132. The number of aromatic nitrogens is 1. The van der Waals surface area contributed by atoms with E-state index in [4.69, 9.17) is 15.2 Å². The van der Waals surface area contributed by atoms with E-state index in [0.717, 1.165) is 5.75 Å². The summed E-state index contributed by atoms with van der Waals surface area (Å²) in [6, 6.07) is 11.3. The van der Waals surface area contributed by atoms with Crippen molar-refractivity contribution >= 4 is 17.5 Å². The average molecular weight is 341 g/mol. The van der Waals surface area contributed by atoms with E-state index in [0.29, 0.717) is 37.0 Å². The first-order chi connectivity index (χ1) is 11.9. The predicted octanol–water partition coefficient (Wildman–Crippen LogP) is 2.95. The Hall–Kier alpha value is -2.76. The van der Waals surface area contributed by atoms with Crippen LogP contribution in [-0.2, 0) is 4.79 Å². The predicted molar refractivity (Wildman–Crippen MR) is 97.0 cm³/mol. The molecule has 0 aliphatic carbocycles. The monoisotopic (exact) mass is 341 g/mol. The molecule has 2 heterocycles. The van der Waals surface area contributed by atoms with Gasteiger partial charge in [0.25, 0.3) is 5.91 Å². The van der Waals surface area contributed by atoms with Crippen molar-refractivity contribution in [1.82, 2.24) is 4.98 Å². The van der Waals surface area contributed by atoms with E-state index in [1.54, 1.807) is 30.9 Å². The normalized spacial score (nSPS) is 15.5. The summed E-state index contributed by atoms with van der Waals surface area (Å²) in [5.41, 5.74) is 6.03. The second-order valence-corrected chi connectivity index (χ2v) is 6.64. The highest BCUT2D eigenvalue weighted by Gasteiger charge is 2.41. The van der Waals surface area contributed by atoms with Gasteiger partial charge in [-0.2, -0.15) is 0 Å². The summed E-state index contributed by atoms with van der Waals surface area (Å²) in [5.74, 6) is 2.09. The fourth-order valence-electron chi connectivity index (χ4n) is 2.72. The summed E-state index contributed by atoms with van der Waals surface area (Å²) >= 11 is 0. The van der Waals surface area contributed by atoms with Gasteiger partial charge in [-0.25, -0.2) is 4.98 Å². The molecule has 0 radical (unpaired) electrons. The quantitative estimate of drug-likeness (QED) is 0.846. The van der Waals surface area contributed by atoms with E-state index in [1.807, 2.05) is 31.2 Å². The van der Waals surface area contributed by atoms with Crippen molar-refractivity contribution in [2.45, 2.75) is 32.8 Å². The fraction of sp³-hybridized carbons (Fsp3) is 0.368. The average Bonchev–Trinajstić information content (AvgIpc) is 2.57. The molecule has 1 aliphatic rings. The van der Waals surface area contributed by atoms with Gasteiger partial charge in [0, 0.05) is 6.54 Å². The first-order valence-corrected chi connectivity index (χ1v) is 8.34. The van der Waals surface area contributed by atoms with Gasteiger partial charge in [0.2, 0.25) is 0 Å². The number of nitrogens with two attached hydrogens (primary N) is 1. The molecule has 2 aromatic rings. The maximum absolute atomic E-state index is 12.7. The van der Waals surface area contributed by atoms with Crippen molar-refractivity contribution in [2.75, 3.05) is 23.8 Å². The zero-order valence-electron chi connectivity index (χ0n) is 14.8. The van der Waals surface area contributed by atoms with Crippen LogP contribution in [0.5, 0.6) is 11.5 Å². The SMILES string of the molecule is Cc1ccc(OCCCN2C(=O)C(C)(C)Oc3ccc(N)nc32)cc1. The number of nitrogens with zero attached hydrogens (tertiary/aromatic N) is 2. The largest absolute Gasteiger partial charge is 0.494 e. The lowest BCUT2D eigenvalue weighted by Gasteiger charge is -2.37. The van der Waals surface area contributed by atoms with Crippen molar-refractivity contribution in [3.63, 3.8) is 0 Å². The van der Waals surface area contributed by atoms with Gasteiger partial charge in [-0.1, -0.05) is 17.7 Å². The van der Waals surface area contributed by atoms with Crippen LogP contribution < -0.4 is 20.1 Å². The minimum absolute atomic E-state index is 0.131. The molecular weight excluding hydrogens is 318 g/mol. The van der Waals surface area contributed by atoms with Crippen molar-refractivity contribution in [3.8, 4) is 11.5 Å². The van der Waals surface area contributed by atoms with Gasteiger partial charge >= 0.3 is 0 Å². The highest BCUT2D eigenvalue weighted by atomic mass is 16.5. The maximum Gasteiger partial charge on any atom is 0.271 e. The van der Waals surface area contributed by atoms with Crippen LogP contribution in [-0.4, -0.2) is 29.6 Å². The van der Waals surface area contributed by atoms with Gasteiger partial charge < -0.3 is 15.2 Å². The first kappa shape index (κ1) is 17.1. The Labute approximate surface area is 147 Å².